The highest BCUT2D eigenvalue weighted by Gasteiger charge is 2.17. The minimum Gasteiger partial charge on any atom is -0.457 e. The number of nitrogens with two attached hydrogens (primary N) is 1. The maximum absolute atomic E-state index is 5.89. The summed E-state index contributed by atoms with van der Waals surface area (Å²) in [5.74, 6) is 1.65. The Balaban J connectivity index is 2.15. The summed E-state index contributed by atoms with van der Waals surface area (Å²) in [6, 6.07) is 14.2. The molecular weight excluding hydrogens is 326 g/mol. The van der Waals surface area contributed by atoms with Crippen molar-refractivity contribution in [2.45, 2.75) is 39.2 Å². The Kier molecular flexibility index (Phi) is 5.07. The van der Waals surface area contributed by atoms with Crippen molar-refractivity contribution < 1.29 is 4.74 Å². The molecule has 3 heteroatoms. The minimum absolute atomic E-state index is 0.199. The van der Waals surface area contributed by atoms with Gasteiger partial charge in [0.2, 0.25) is 0 Å². The van der Waals surface area contributed by atoms with E-state index < -0.39 is 0 Å². The second kappa shape index (κ2) is 6.63. The van der Waals surface area contributed by atoms with Gasteiger partial charge in [0.25, 0.3) is 0 Å². The Hall–Kier alpha value is -1.32. The van der Waals surface area contributed by atoms with E-state index in [2.05, 4.69) is 48.8 Å². The van der Waals surface area contributed by atoms with E-state index in [0.29, 0.717) is 6.54 Å². The van der Waals surface area contributed by atoms with E-state index in [1.807, 2.05) is 30.3 Å². The van der Waals surface area contributed by atoms with Gasteiger partial charge < -0.3 is 10.5 Å². The third-order valence-corrected chi connectivity index (χ3v) is 4.74. The largest absolute Gasteiger partial charge is 0.457 e. The van der Waals surface area contributed by atoms with Gasteiger partial charge >= 0.3 is 0 Å². The zero-order chi connectivity index (χ0) is 15.5. The smallest absolute Gasteiger partial charge is 0.128 e. The zero-order valence-electron chi connectivity index (χ0n) is 12.8. The van der Waals surface area contributed by atoms with Crippen LogP contribution in [0.1, 0.15) is 38.3 Å². The second-order valence-electron chi connectivity index (χ2n) is 5.82. The van der Waals surface area contributed by atoms with Crippen LogP contribution in [0.5, 0.6) is 11.5 Å². The molecular formula is C18H22BrNO. The van der Waals surface area contributed by atoms with Crippen molar-refractivity contribution in [1.29, 1.82) is 0 Å². The van der Waals surface area contributed by atoms with E-state index in [0.717, 1.165) is 28.0 Å². The van der Waals surface area contributed by atoms with Crippen LogP contribution in [-0.2, 0) is 12.0 Å². The normalized spacial score (nSPS) is 11.5. The van der Waals surface area contributed by atoms with Gasteiger partial charge in [0, 0.05) is 11.0 Å². The molecule has 2 aromatic carbocycles. The summed E-state index contributed by atoms with van der Waals surface area (Å²) in [5, 5.41) is 0. The van der Waals surface area contributed by atoms with Crippen LogP contribution in [0.15, 0.2) is 46.9 Å². The molecule has 0 fully saturated rings. The lowest BCUT2D eigenvalue weighted by molar-refractivity contribution is 0.477. The molecule has 112 valence electrons. The van der Waals surface area contributed by atoms with E-state index in [9.17, 15) is 0 Å². The molecule has 2 rings (SSSR count). The molecule has 21 heavy (non-hydrogen) atoms. The quantitative estimate of drug-likeness (QED) is 0.786. The minimum atomic E-state index is 0.199. The Morgan fingerprint density at radius 3 is 2.19 bits per heavy atom. The first-order valence-electron chi connectivity index (χ1n) is 7.23. The fraction of sp³-hybridized carbons (Fsp3) is 0.333. The van der Waals surface area contributed by atoms with Crippen molar-refractivity contribution in [1.82, 2.24) is 0 Å². The molecule has 0 aliphatic rings. The molecule has 2 N–H and O–H groups in total. The summed E-state index contributed by atoms with van der Waals surface area (Å²) in [5.41, 5.74) is 8.25. The number of hydrogen-bond acceptors (Lipinski definition) is 2. The summed E-state index contributed by atoms with van der Waals surface area (Å²) >= 11 is 3.51. The van der Waals surface area contributed by atoms with E-state index in [4.69, 9.17) is 10.5 Å². The van der Waals surface area contributed by atoms with Gasteiger partial charge in [-0.15, -0.1) is 0 Å². The molecule has 0 amide bonds. The van der Waals surface area contributed by atoms with E-state index in [1.165, 1.54) is 5.56 Å². The van der Waals surface area contributed by atoms with Gasteiger partial charge in [0.05, 0.1) is 0 Å². The van der Waals surface area contributed by atoms with Crippen molar-refractivity contribution >= 4 is 15.9 Å². The van der Waals surface area contributed by atoms with Gasteiger partial charge in [-0.3, -0.25) is 0 Å². The van der Waals surface area contributed by atoms with Crippen LogP contribution < -0.4 is 10.5 Å². The Morgan fingerprint density at radius 2 is 1.67 bits per heavy atom. The summed E-state index contributed by atoms with van der Waals surface area (Å²) in [7, 11) is 0. The zero-order valence-corrected chi connectivity index (χ0v) is 14.4. The molecule has 0 bridgehead atoms. The molecule has 0 saturated heterocycles. The van der Waals surface area contributed by atoms with Crippen LogP contribution in [0.25, 0.3) is 0 Å². The number of hydrogen-bond donors (Lipinski definition) is 1. The van der Waals surface area contributed by atoms with E-state index in [1.54, 1.807) is 0 Å². The maximum atomic E-state index is 5.89. The third-order valence-electron chi connectivity index (χ3n) is 4.00. The van der Waals surface area contributed by atoms with Crippen LogP contribution in [0.2, 0.25) is 0 Å². The molecule has 2 aromatic rings. The highest BCUT2D eigenvalue weighted by Crippen LogP contribution is 2.30. The monoisotopic (exact) mass is 347 g/mol. The van der Waals surface area contributed by atoms with Crippen LogP contribution in [-0.4, -0.2) is 0 Å². The molecule has 0 aliphatic carbocycles. The lowest BCUT2D eigenvalue weighted by Gasteiger charge is -2.23. The van der Waals surface area contributed by atoms with Gasteiger partial charge in [0.1, 0.15) is 11.5 Å². The molecule has 0 spiro atoms. The van der Waals surface area contributed by atoms with E-state index in [-0.39, 0.29) is 5.41 Å². The van der Waals surface area contributed by atoms with Gasteiger partial charge in [0.15, 0.2) is 0 Å². The predicted molar refractivity (Wildman–Crippen MR) is 91.9 cm³/mol. The molecule has 2 nitrogen and oxygen atoms in total. The molecule has 0 aromatic heterocycles. The third kappa shape index (κ3) is 3.86. The van der Waals surface area contributed by atoms with Gasteiger partial charge in [-0.05, 0) is 47.2 Å². The van der Waals surface area contributed by atoms with Crippen LogP contribution in [0, 0.1) is 0 Å². The first-order chi connectivity index (χ1) is 9.96. The summed E-state index contributed by atoms with van der Waals surface area (Å²) in [6.45, 7) is 7.24. The Morgan fingerprint density at radius 1 is 1.05 bits per heavy atom. The molecule has 0 saturated carbocycles. The van der Waals surface area contributed by atoms with Crippen molar-refractivity contribution in [2.75, 3.05) is 0 Å². The topological polar surface area (TPSA) is 35.2 Å². The van der Waals surface area contributed by atoms with Gasteiger partial charge in [-0.2, -0.15) is 0 Å². The number of ether oxygens (including phenoxy) is 1. The summed E-state index contributed by atoms with van der Waals surface area (Å²) in [4.78, 5) is 0. The van der Waals surface area contributed by atoms with Gasteiger partial charge in [-0.25, -0.2) is 0 Å². The average Bonchev–Trinajstić information content (AvgIpc) is 2.48. The second-order valence-corrected chi connectivity index (χ2v) is 6.68. The SMILES string of the molecule is CCC(C)(C)c1ccc(Oc2ccc(CN)c(Br)c2)cc1. The predicted octanol–water partition coefficient (Wildman–Crippen LogP) is 5.39. The fourth-order valence-corrected chi connectivity index (χ4v) is 2.59. The van der Waals surface area contributed by atoms with Crippen LogP contribution in [0.4, 0.5) is 0 Å². The summed E-state index contributed by atoms with van der Waals surface area (Å²) in [6.07, 6.45) is 1.11. The van der Waals surface area contributed by atoms with Crippen molar-refractivity contribution in [3.05, 3.63) is 58.1 Å². The first kappa shape index (κ1) is 16.1. The molecule has 0 heterocycles. The Labute approximate surface area is 135 Å². The van der Waals surface area contributed by atoms with Gasteiger partial charge in [-0.1, -0.05) is 54.9 Å². The van der Waals surface area contributed by atoms with Crippen LogP contribution in [0.3, 0.4) is 0 Å². The lowest BCUT2D eigenvalue weighted by Crippen LogP contribution is -2.14. The Bertz CT molecular complexity index is 605. The average molecular weight is 348 g/mol. The highest BCUT2D eigenvalue weighted by atomic mass is 79.9. The maximum Gasteiger partial charge on any atom is 0.128 e. The molecule has 0 aliphatic heterocycles. The van der Waals surface area contributed by atoms with E-state index >= 15 is 0 Å². The standard InChI is InChI=1S/C18H22BrNO/c1-4-18(2,3)14-6-9-15(10-7-14)21-16-8-5-13(12-20)17(19)11-16/h5-11H,4,12,20H2,1-3H3. The van der Waals surface area contributed by atoms with Crippen molar-refractivity contribution in [3.8, 4) is 11.5 Å². The number of rotatable bonds is 5. The number of benzene rings is 2. The molecule has 0 unspecified atom stereocenters. The highest BCUT2D eigenvalue weighted by molar-refractivity contribution is 9.10. The van der Waals surface area contributed by atoms with Crippen LogP contribution >= 0.6 is 15.9 Å². The fourth-order valence-electron chi connectivity index (χ4n) is 2.07. The molecule has 0 atom stereocenters. The summed E-state index contributed by atoms with van der Waals surface area (Å²) < 4.78 is 6.87. The lowest BCUT2D eigenvalue weighted by atomic mass is 9.82. The molecule has 0 radical (unpaired) electrons. The first-order valence-corrected chi connectivity index (χ1v) is 8.02. The van der Waals surface area contributed by atoms with Crippen molar-refractivity contribution in [3.63, 3.8) is 0 Å². The number of halogens is 1. The van der Waals surface area contributed by atoms with Crippen molar-refractivity contribution in [2.24, 2.45) is 5.73 Å².